The standard InChI is InChI=1S/C13H21N3O3/c1-3-15-13(18)11-5-4-9(14)6-12(11)16-7-10(17)8-19-2/h4-6,10,16-17H,3,7-8,14H2,1-2H3,(H,15,18). The van der Waals surface area contributed by atoms with E-state index < -0.39 is 6.10 Å². The van der Waals surface area contributed by atoms with Gasteiger partial charge in [0.25, 0.3) is 5.91 Å². The summed E-state index contributed by atoms with van der Waals surface area (Å²) < 4.78 is 4.84. The average molecular weight is 267 g/mol. The summed E-state index contributed by atoms with van der Waals surface area (Å²) in [6, 6.07) is 5.00. The maximum atomic E-state index is 11.9. The van der Waals surface area contributed by atoms with Gasteiger partial charge in [0, 0.05) is 31.6 Å². The van der Waals surface area contributed by atoms with Crippen LogP contribution >= 0.6 is 0 Å². The molecule has 6 nitrogen and oxygen atoms in total. The number of ether oxygens (including phenoxy) is 1. The number of nitrogens with one attached hydrogen (secondary N) is 2. The van der Waals surface area contributed by atoms with Crippen LogP contribution in [0.1, 0.15) is 17.3 Å². The minimum atomic E-state index is -0.645. The fourth-order valence-corrected chi connectivity index (χ4v) is 1.64. The lowest BCUT2D eigenvalue weighted by Crippen LogP contribution is -2.27. The van der Waals surface area contributed by atoms with Gasteiger partial charge >= 0.3 is 0 Å². The Morgan fingerprint density at radius 1 is 1.53 bits per heavy atom. The number of carbonyl (C=O) groups excluding carboxylic acids is 1. The molecule has 1 unspecified atom stereocenters. The average Bonchev–Trinajstić information content (AvgIpc) is 2.37. The molecule has 0 aliphatic rings. The number of aliphatic hydroxyl groups is 1. The van der Waals surface area contributed by atoms with E-state index in [9.17, 15) is 9.90 Å². The highest BCUT2D eigenvalue weighted by atomic mass is 16.5. The van der Waals surface area contributed by atoms with Crippen molar-refractivity contribution in [2.75, 3.05) is 37.9 Å². The summed E-state index contributed by atoms with van der Waals surface area (Å²) in [4.78, 5) is 11.9. The van der Waals surface area contributed by atoms with Crippen molar-refractivity contribution in [2.24, 2.45) is 0 Å². The lowest BCUT2D eigenvalue weighted by Gasteiger charge is -2.15. The van der Waals surface area contributed by atoms with Crippen molar-refractivity contribution in [1.82, 2.24) is 5.32 Å². The molecule has 1 rings (SSSR count). The number of hydrogen-bond donors (Lipinski definition) is 4. The fraction of sp³-hybridized carbons (Fsp3) is 0.462. The number of rotatable bonds is 7. The predicted octanol–water partition coefficient (Wildman–Crippen LogP) is 0.438. The minimum Gasteiger partial charge on any atom is -0.399 e. The molecule has 6 heteroatoms. The zero-order valence-corrected chi connectivity index (χ0v) is 11.3. The van der Waals surface area contributed by atoms with Crippen LogP contribution in [0.3, 0.4) is 0 Å². The van der Waals surface area contributed by atoms with E-state index in [2.05, 4.69) is 10.6 Å². The van der Waals surface area contributed by atoms with Crippen LogP contribution in [0.2, 0.25) is 0 Å². The van der Waals surface area contributed by atoms with Crippen LogP contribution in [0.25, 0.3) is 0 Å². The molecule has 0 saturated carbocycles. The summed E-state index contributed by atoms with van der Waals surface area (Å²) >= 11 is 0. The molecule has 0 bridgehead atoms. The molecule has 0 saturated heterocycles. The monoisotopic (exact) mass is 267 g/mol. The summed E-state index contributed by atoms with van der Waals surface area (Å²) in [5.41, 5.74) is 7.36. The van der Waals surface area contributed by atoms with Gasteiger partial charge in [-0.1, -0.05) is 0 Å². The molecule has 0 fully saturated rings. The lowest BCUT2D eigenvalue weighted by molar-refractivity contribution is 0.0727. The zero-order valence-electron chi connectivity index (χ0n) is 11.3. The van der Waals surface area contributed by atoms with Crippen LogP contribution in [0.4, 0.5) is 11.4 Å². The lowest BCUT2D eigenvalue weighted by atomic mass is 10.1. The molecule has 5 N–H and O–H groups in total. The number of aliphatic hydroxyl groups excluding tert-OH is 1. The Morgan fingerprint density at radius 2 is 2.26 bits per heavy atom. The number of benzene rings is 1. The summed E-state index contributed by atoms with van der Waals surface area (Å²) in [6.07, 6.45) is -0.645. The Balaban J connectivity index is 2.79. The van der Waals surface area contributed by atoms with Crippen molar-refractivity contribution in [2.45, 2.75) is 13.0 Å². The number of nitrogens with two attached hydrogens (primary N) is 1. The van der Waals surface area contributed by atoms with E-state index in [1.807, 2.05) is 6.92 Å². The predicted molar refractivity (Wildman–Crippen MR) is 75.2 cm³/mol. The van der Waals surface area contributed by atoms with Crippen LogP contribution in [-0.4, -0.2) is 43.9 Å². The second-order valence-electron chi connectivity index (χ2n) is 4.15. The van der Waals surface area contributed by atoms with E-state index in [0.717, 1.165) is 0 Å². The van der Waals surface area contributed by atoms with Crippen molar-refractivity contribution in [3.05, 3.63) is 23.8 Å². The number of amides is 1. The van der Waals surface area contributed by atoms with Gasteiger partial charge in [0.15, 0.2) is 0 Å². The summed E-state index contributed by atoms with van der Waals surface area (Å²) in [5.74, 6) is -0.175. The SMILES string of the molecule is CCNC(=O)c1ccc(N)cc1NCC(O)COC. The summed E-state index contributed by atoms with van der Waals surface area (Å²) in [5, 5.41) is 15.3. The number of carbonyl (C=O) groups is 1. The Morgan fingerprint density at radius 3 is 2.89 bits per heavy atom. The molecule has 1 aromatic rings. The molecule has 19 heavy (non-hydrogen) atoms. The number of nitrogen functional groups attached to an aromatic ring is 1. The zero-order chi connectivity index (χ0) is 14.3. The molecule has 0 aromatic heterocycles. The number of anilines is 2. The third-order valence-electron chi connectivity index (χ3n) is 2.51. The summed E-state index contributed by atoms with van der Waals surface area (Å²) in [6.45, 7) is 2.91. The van der Waals surface area contributed by atoms with Crippen molar-refractivity contribution >= 4 is 17.3 Å². The van der Waals surface area contributed by atoms with E-state index in [-0.39, 0.29) is 19.1 Å². The van der Waals surface area contributed by atoms with Crippen LogP contribution < -0.4 is 16.4 Å². The van der Waals surface area contributed by atoms with Crippen LogP contribution in [-0.2, 0) is 4.74 Å². The molecule has 1 aromatic carbocycles. The maximum absolute atomic E-state index is 11.9. The topological polar surface area (TPSA) is 96.6 Å². The Labute approximate surface area is 112 Å². The van der Waals surface area contributed by atoms with Gasteiger partial charge in [-0.15, -0.1) is 0 Å². The van der Waals surface area contributed by atoms with Gasteiger partial charge in [-0.2, -0.15) is 0 Å². The van der Waals surface area contributed by atoms with Crippen molar-refractivity contribution < 1.29 is 14.6 Å². The van der Waals surface area contributed by atoms with Crippen molar-refractivity contribution in [1.29, 1.82) is 0 Å². The molecular formula is C13H21N3O3. The Kier molecular flexibility index (Phi) is 6.11. The molecule has 0 aliphatic heterocycles. The highest BCUT2D eigenvalue weighted by Crippen LogP contribution is 2.19. The number of methoxy groups -OCH3 is 1. The van der Waals surface area contributed by atoms with E-state index in [0.29, 0.717) is 23.5 Å². The van der Waals surface area contributed by atoms with E-state index >= 15 is 0 Å². The first kappa shape index (κ1) is 15.3. The van der Waals surface area contributed by atoms with Gasteiger partial charge in [-0.05, 0) is 25.1 Å². The smallest absolute Gasteiger partial charge is 0.253 e. The van der Waals surface area contributed by atoms with Gasteiger partial charge in [0.05, 0.1) is 18.3 Å². The third kappa shape index (κ3) is 4.76. The largest absolute Gasteiger partial charge is 0.399 e. The quantitative estimate of drug-likeness (QED) is 0.537. The van der Waals surface area contributed by atoms with E-state index in [1.165, 1.54) is 7.11 Å². The Bertz CT molecular complexity index is 424. The minimum absolute atomic E-state index is 0.175. The maximum Gasteiger partial charge on any atom is 0.253 e. The van der Waals surface area contributed by atoms with Gasteiger partial charge in [-0.25, -0.2) is 0 Å². The van der Waals surface area contributed by atoms with Gasteiger partial charge in [0.1, 0.15) is 0 Å². The van der Waals surface area contributed by atoms with Crippen molar-refractivity contribution in [3.8, 4) is 0 Å². The van der Waals surface area contributed by atoms with Crippen LogP contribution in [0, 0.1) is 0 Å². The van der Waals surface area contributed by atoms with Gasteiger partial charge in [-0.3, -0.25) is 4.79 Å². The molecular weight excluding hydrogens is 246 g/mol. The molecule has 0 heterocycles. The van der Waals surface area contributed by atoms with E-state index in [4.69, 9.17) is 10.5 Å². The fourth-order valence-electron chi connectivity index (χ4n) is 1.64. The van der Waals surface area contributed by atoms with E-state index in [1.54, 1.807) is 18.2 Å². The molecule has 0 spiro atoms. The molecule has 106 valence electrons. The Hall–Kier alpha value is -1.79. The van der Waals surface area contributed by atoms with Crippen LogP contribution in [0.5, 0.6) is 0 Å². The highest BCUT2D eigenvalue weighted by molar-refractivity contribution is 6.00. The third-order valence-corrected chi connectivity index (χ3v) is 2.51. The van der Waals surface area contributed by atoms with Crippen LogP contribution in [0.15, 0.2) is 18.2 Å². The van der Waals surface area contributed by atoms with Gasteiger partial charge in [0.2, 0.25) is 0 Å². The van der Waals surface area contributed by atoms with Crippen molar-refractivity contribution in [3.63, 3.8) is 0 Å². The molecule has 0 aliphatic carbocycles. The molecule has 0 radical (unpaired) electrons. The van der Waals surface area contributed by atoms with Gasteiger partial charge < -0.3 is 26.2 Å². The first-order chi connectivity index (χ1) is 9.08. The molecule has 1 amide bonds. The number of hydrogen-bond acceptors (Lipinski definition) is 5. The second-order valence-corrected chi connectivity index (χ2v) is 4.15. The highest BCUT2D eigenvalue weighted by Gasteiger charge is 2.12. The molecule has 1 atom stereocenters. The summed E-state index contributed by atoms with van der Waals surface area (Å²) in [7, 11) is 1.52. The first-order valence-corrected chi connectivity index (χ1v) is 6.17. The first-order valence-electron chi connectivity index (χ1n) is 6.17. The normalized spacial score (nSPS) is 11.9. The second kappa shape index (κ2) is 7.60.